The van der Waals surface area contributed by atoms with Gasteiger partial charge >= 0.3 is 5.97 Å². The molecule has 0 aliphatic heterocycles. The number of carbonyl (C=O) groups excluding carboxylic acids is 1. The van der Waals surface area contributed by atoms with E-state index in [1.165, 1.54) is 19.1 Å². The van der Waals surface area contributed by atoms with Crippen molar-refractivity contribution in [2.24, 2.45) is 0 Å². The van der Waals surface area contributed by atoms with Crippen molar-refractivity contribution in [3.05, 3.63) is 30.3 Å². The van der Waals surface area contributed by atoms with E-state index in [0.29, 0.717) is 0 Å². The molecule has 1 aromatic rings. The SMILES string of the molecule is C[C@H](NC(=O)CNS(=O)(=O)c1ccccc1)C(=O)O. The molecular formula is C11H14N2O5S. The molecule has 19 heavy (non-hydrogen) atoms. The summed E-state index contributed by atoms with van der Waals surface area (Å²) in [5.74, 6) is -1.91. The summed E-state index contributed by atoms with van der Waals surface area (Å²) in [6.07, 6.45) is 0. The average Bonchev–Trinajstić information content (AvgIpc) is 2.37. The highest BCUT2D eigenvalue weighted by molar-refractivity contribution is 7.89. The smallest absolute Gasteiger partial charge is 0.325 e. The zero-order valence-electron chi connectivity index (χ0n) is 10.2. The van der Waals surface area contributed by atoms with E-state index in [1.54, 1.807) is 18.2 Å². The maximum Gasteiger partial charge on any atom is 0.325 e. The molecule has 0 heterocycles. The number of sulfonamides is 1. The van der Waals surface area contributed by atoms with Crippen molar-refractivity contribution in [2.45, 2.75) is 17.9 Å². The quantitative estimate of drug-likeness (QED) is 0.656. The van der Waals surface area contributed by atoms with Crippen molar-refractivity contribution in [1.29, 1.82) is 0 Å². The maximum absolute atomic E-state index is 11.7. The van der Waals surface area contributed by atoms with Crippen LogP contribution in [-0.4, -0.2) is 38.0 Å². The van der Waals surface area contributed by atoms with E-state index in [0.717, 1.165) is 0 Å². The monoisotopic (exact) mass is 286 g/mol. The maximum atomic E-state index is 11.7. The van der Waals surface area contributed by atoms with E-state index < -0.39 is 34.5 Å². The molecule has 1 amide bonds. The van der Waals surface area contributed by atoms with Crippen molar-refractivity contribution in [1.82, 2.24) is 10.0 Å². The Morgan fingerprint density at radius 2 is 1.84 bits per heavy atom. The minimum absolute atomic E-state index is 0.0362. The third-order valence-electron chi connectivity index (χ3n) is 2.22. The Morgan fingerprint density at radius 3 is 2.37 bits per heavy atom. The van der Waals surface area contributed by atoms with Gasteiger partial charge in [0.05, 0.1) is 11.4 Å². The van der Waals surface area contributed by atoms with E-state index >= 15 is 0 Å². The Bertz CT molecular complexity index is 556. The second kappa shape index (κ2) is 6.30. The summed E-state index contributed by atoms with van der Waals surface area (Å²) in [7, 11) is -3.77. The van der Waals surface area contributed by atoms with Gasteiger partial charge in [-0.3, -0.25) is 9.59 Å². The van der Waals surface area contributed by atoms with Crippen LogP contribution in [0.2, 0.25) is 0 Å². The molecule has 0 radical (unpaired) electrons. The minimum Gasteiger partial charge on any atom is -0.480 e. The second-order valence-electron chi connectivity index (χ2n) is 3.77. The van der Waals surface area contributed by atoms with Crippen LogP contribution in [-0.2, 0) is 19.6 Å². The van der Waals surface area contributed by atoms with E-state index in [1.807, 2.05) is 0 Å². The van der Waals surface area contributed by atoms with Crippen molar-refractivity contribution >= 4 is 21.9 Å². The van der Waals surface area contributed by atoms with Gasteiger partial charge in [0.2, 0.25) is 15.9 Å². The minimum atomic E-state index is -3.77. The van der Waals surface area contributed by atoms with E-state index in [2.05, 4.69) is 10.0 Å². The number of rotatable bonds is 6. The van der Waals surface area contributed by atoms with Crippen LogP contribution in [0.5, 0.6) is 0 Å². The first-order valence-electron chi connectivity index (χ1n) is 5.40. The Kier molecular flexibility index (Phi) is 5.02. The van der Waals surface area contributed by atoms with E-state index in [4.69, 9.17) is 5.11 Å². The Morgan fingerprint density at radius 1 is 1.26 bits per heavy atom. The predicted octanol–water partition coefficient (Wildman–Crippen LogP) is -0.446. The Hall–Kier alpha value is -1.93. The first kappa shape index (κ1) is 15.1. The molecule has 0 bridgehead atoms. The van der Waals surface area contributed by atoms with Gasteiger partial charge in [-0.2, -0.15) is 0 Å². The molecule has 0 aliphatic carbocycles. The molecule has 0 saturated heterocycles. The summed E-state index contributed by atoms with van der Waals surface area (Å²) in [5.41, 5.74) is 0. The van der Waals surface area contributed by atoms with Crippen molar-refractivity contribution < 1.29 is 23.1 Å². The number of benzene rings is 1. The second-order valence-corrected chi connectivity index (χ2v) is 5.53. The molecule has 7 nitrogen and oxygen atoms in total. The summed E-state index contributed by atoms with van der Waals surface area (Å²) in [6.45, 7) is 0.765. The lowest BCUT2D eigenvalue weighted by Crippen LogP contribution is -2.43. The zero-order valence-corrected chi connectivity index (χ0v) is 11.0. The summed E-state index contributed by atoms with van der Waals surface area (Å²) in [6, 6.07) is 6.48. The van der Waals surface area contributed by atoms with Gasteiger partial charge in [0.1, 0.15) is 6.04 Å². The summed E-state index contributed by atoms with van der Waals surface area (Å²) >= 11 is 0. The molecule has 0 aromatic heterocycles. The highest BCUT2D eigenvalue weighted by atomic mass is 32.2. The lowest BCUT2D eigenvalue weighted by Gasteiger charge is -2.10. The predicted molar refractivity (Wildman–Crippen MR) is 66.9 cm³/mol. The average molecular weight is 286 g/mol. The van der Waals surface area contributed by atoms with Crippen LogP contribution in [0.15, 0.2) is 35.2 Å². The van der Waals surface area contributed by atoms with Crippen LogP contribution in [0.1, 0.15) is 6.92 Å². The number of hydrogen-bond acceptors (Lipinski definition) is 4. The fourth-order valence-electron chi connectivity index (χ4n) is 1.20. The van der Waals surface area contributed by atoms with Gasteiger partial charge in [0, 0.05) is 0 Å². The zero-order chi connectivity index (χ0) is 14.5. The molecule has 8 heteroatoms. The summed E-state index contributed by atoms with van der Waals surface area (Å²) < 4.78 is 25.6. The number of hydrogen-bond donors (Lipinski definition) is 3. The van der Waals surface area contributed by atoms with Crippen LogP contribution >= 0.6 is 0 Å². The normalized spacial score (nSPS) is 12.7. The largest absolute Gasteiger partial charge is 0.480 e. The number of carboxylic acid groups (broad SMARTS) is 1. The molecule has 1 atom stereocenters. The molecule has 0 fully saturated rings. The molecule has 0 unspecified atom stereocenters. The molecular weight excluding hydrogens is 272 g/mol. The fraction of sp³-hybridized carbons (Fsp3) is 0.273. The van der Waals surface area contributed by atoms with Gasteiger partial charge in [0.15, 0.2) is 0 Å². The lowest BCUT2D eigenvalue weighted by molar-refractivity contribution is -0.141. The van der Waals surface area contributed by atoms with Gasteiger partial charge in [-0.1, -0.05) is 18.2 Å². The van der Waals surface area contributed by atoms with E-state index in [9.17, 15) is 18.0 Å². The van der Waals surface area contributed by atoms with Gasteiger partial charge in [0.25, 0.3) is 0 Å². The van der Waals surface area contributed by atoms with Crippen molar-refractivity contribution in [2.75, 3.05) is 6.54 Å². The van der Waals surface area contributed by atoms with Crippen molar-refractivity contribution in [3.63, 3.8) is 0 Å². The fourth-order valence-corrected chi connectivity index (χ4v) is 2.20. The van der Waals surface area contributed by atoms with Crippen LogP contribution in [0.25, 0.3) is 0 Å². The highest BCUT2D eigenvalue weighted by Gasteiger charge is 2.17. The highest BCUT2D eigenvalue weighted by Crippen LogP contribution is 2.06. The molecule has 104 valence electrons. The van der Waals surface area contributed by atoms with E-state index in [-0.39, 0.29) is 4.90 Å². The molecule has 0 spiro atoms. The van der Waals surface area contributed by atoms with Crippen LogP contribution < -0.4 is 10.0 Å². The van der Waals surface area contributed by atoms with Crippen LogP contribution in [0, 0.1) is 0 Å². The number of aliphatic carboxylic acids is 1. The van der Waals surface area contributed by atoms with Crippen LogP contribution in [0.3, 0.4) is 0 Å². The summed E-state index contributed by atoms with van der Waals surface area (Å²) in [4.78, 5) is 21.9. The van der Waals surface area contributed by atoms with Crippen LogP contribution in [0.4, 0.5) is 0 Å². The first-order valence-corrected chi connectivity index (χ1v) is 6.88. The number of amides is 1. The van der Waals surface area contributed by atoms with Gasteiger partial charge in [-0.25, -0.2) is 13.1 Å². The molecule has 1 rings (SSSR count). The topological polar surface area (TPSA) is 113 Å². The molecule has 0 saturated carbocycles. The third-order valence-corrected chi connectivity index (χ3v) is 3.64. The molecule has 1 aromatic carbocycles. The molecule has 0 aliphatic rings. The Balaban J connectivity index is 2.57. The summed E-state index contributed by atoms with van der Waals surface area (Å²) in [5, 5.41) is 10.7. The van der Waals surface area contributed by atoms with Gasteiger partial charge in [-0.15, -0.1) is 0 Å². The third kappa shape index (κ3) is 4.68. The van der Waals surface area contributed by atoms with Gasteiger partial charge in [-0.05, 0) is 19.1 Å². The number of carbonyl (C=O) groups is 2. The number of nitrogens with one attached hydrogen (secondary N) is 2. The van der Waals surface area contributed by atoms with Crippen molar-refractivity contribution in [3.8, 4) is 0 Å². The number of carboxylic acids is 1. The molecule has 3 N–H and O–H groups in total. The Labute approximate surface area is 110 Å². The standard InChI is InChI=1S/C11H14N2O5S/c1-8(11(15)16)13-10(14)7-12-19(17,18)9-5-3-2-4-6-9/h2-6,8,12H,7H2,1H3,(H,13,14)(H,15,16)/t8-/m0/s1. The first-order chi connectivity index (χ1) is 8.83. The van der Waals surface area contributed by atoms with Gasteiger partial charge < -0.3 is 10.4 Å². The lowest BCUT2D eigenvalue weighted by atomic mass is 10.3.